The van der Waals surface area contributed by atoms with Crippen LogP contribution in [0.2, 0.25) is 0 Å². The summed E-state index contributed by atoms with van der Waals surface area (Å²) in [6.45, 7) is 2.66. The van der Waals surface area contributed by atoms with E-state index in [4.69, 9.17) is 0 Å². The second-order valence-electron chi connectivity index (χ2n) is 8.60. The summed E-state index contributed by atoms with van der Waals surface area (Å²) in [7, 11) is 0. The first-order valence-corrected chi connectivity index (χ1v) is 11.3. The molecule has 11 heteroatoms. The number of aromatic nitrogens is 4. The molecule has 5 rings (SSSR count). The van der Waals surface area contributed by atoms with E-state index in [0.717, 1.165) is 12.4 Å². The lowest BCUT2D eigenvalue weighted by molar-refractivity contribution is -0.606. The number of fused-ring (bicyclic) bond motifs is 1. The number of H-pyrrole nitrogens is 2. The number of carbonyl (C=O) groups is 3. The number of Topliss-reactive ketones (excluding diaryl/α,β-unsaturated/α-hetero) is 1. The fourth-order valence-corrected chi connectivity index (χ4v) is 4.50. The van der Waals surface area contributed by atoms with E-state index in [-0.39, 0.29) is 35.4 Å². The Morgan fingerprint density at radius 3 is 2.61 bits per heavy atom. The number of amides is 2. The third-order valence-electron chi connectivity index (χ3n) is 6.25. The summed E-state index contributed by atoms with van der Waals surface area (Å²) in [5.41, 5.74) is 0.971. The molecule has 1 saturated heterocycles. The minimum Gasteiger partial charge on any atom is -0.618 e. The molecule has 1 aromatic carbocycles. The maximum absolute atomic E-state index is 13.2. The van der Waals surface area contributed by atoms with Gasteiger partial charge in [-0.1, -0.05) is 18.2 Å². The Morgan fingerprint density at radius 2 is 1.89 bits per heavy atom. The van der Waals surface area contributed by atoms with Crippen LogP contribution >= 0.6 is 0 Å². The minimum atomic E-state index is -0.700. The second-order valence-corrected chi connectivity index (χ2v) is 8.60. The van der Waals surface area contributed by atoms with Gasteiger partial charge in [0.25, 0.3) is 17.6 Å². The molecule has 4 aromatic rings. The number of ketones is 1. The molecule has 1 atom stereocenters. The highest BCUT2D eigenvalue weighted by Crippen LogP contribution is 2.27. The number of aromatic amines is 2. The largest absolute Gasteiger partial charge is 0.618 e. The van der Waals surface area contributed by atoms with Crippen molar-refractivity contribution >= 4 is 28.5 Å². The lowest BCUT2D eigenvalue weighted by Crippen LogP contribution is -2.56. The van der Waals surface area contributed by atoms with Crippen LogP contribution in [0.5, 0.6) is 0 Å². The fraction of sp³-hybridized carbons (Fsp3) is 0.200. The molecule has 1 fully saturated rings. The van der Waals surface area contributed by atoms with Crippen LogP contribution in [0.15, 0.2) is 66.0 Å². The fourth-order valence-electron chi connectivity index (χ4n) is 4.50. The summed E-state index contributed by atoms with van der Waals surface area (Å²) in [6.07, 6.45) is 4.86. The summed E-state index contributed by atoms with van der Waals surface area (Å²) in [5.74, 6) is -1.48. The maximum Gasteiger partial charge on any atom is 0.314 e. The number of nitrogens with zero attached hydrogens (tertiary/aromatic N) is 4. The van der Waals surface area contributed by atoms with E-state index in [2.05, 4.69) is 15.0 Å². The van der Waals surface area contributed by atoms with Gasteiger partial charge in [0.1, 0.15) is 11.4 Å². The number of benzene rings is 1. The van der Waals surface area contributed by atoms with Gasteiger partial charge in [-0.25, -0.2) is 0 Å². The molecule has 2 amide bonds. The van der Waals surface area contributed by atoms with Crippen molar-refractivity contribution in [1.82, 2.24) is 24.8 Å². The predicted molar refractivity (Wildman–Crippen MR) is 129 cm³/mol. The zero-order chi connectivity index (χ0) is 25.4. The molecule has 1 aliphatic heterocycles. The smallest absolute Gasteiger partial charge is 0.314 e. The molecular weight excluding hydrogens is 464 g/mol. The van der Waals surface area contributed by atoms with Crippen molar-refractivity contribution in [2.24, 2.45) is 0 Å². The summed E-state index contributed by atoms with van der Waals surface area (Å²) in [4.78, 5) is 63.8. The highest BCUT2D eigenvalue weighted by Gasteiger charge is 2.34. The molecule has 0 unspecified atom stereocenters. The Labute approximate surface area is 204 Å². The van der Waals surface area contributed by atoms with Crippen LogP contribution < -0.4 is 10.3 Å². The van der Waals surface area contributed by atoms with E-state index in [0.29, 0.717) is 34.3 Å². The molecule has 3 aromatic heterocycles. The van der Waals surface area contributed by atoms with E-state index in [9.17, 15) is 24.4 Å². The summed E-state index contributed by atoms with van der Waals surface area (Å²) in [5, 5.41) is 12.1. The first kappa shape index (κ1) is 23.0. The molecule has 182 valence electrons. The Hall–Kier alpha value is -4.80. The molecule has 0 saturated carbocycles. The van der Waals surface area contributed by atoms with Gasteiger partial charge < -0.3 is 25.0 Å². The van der Waals surface area contributed by atoms with E-state index >= 15 is 0 Å². The van der Waals surface area contributed by atoms with Crippen LogP contribution in [0, 0.1) is 5.21 Å². The third kappa shape index (κ3) is 4.11. The second kappa shape index (κ2) is 9.10. The number of hydrogen-bond acceptors (Lipinski definition) is 6. The van der Waals surface area contributed by atoms with E-state index < -0.39 is 17.2 Å². The van der Waals surface area contributed by atoms with Crippen LogP contribution in [0.1, 0.15) is 27.6 Å². The van der Waals surface area contributed by atoms with E-state index in [1.54, 1.807) is 42.2 Å². The van der Waals surface area contributed by atoms with Gasteiger partial charge in [0.15, 0.2) is 0 Å². The van der Waals surface area contributed by atoms with Crippen molar-refractivity contribution in [2.45, 2.75) is 13.0 Å². The molecule has 36 heavy (non-hydrogen) atoms. The van der Waals surface area contributed by atoms with Crippen molar-refractivity contribution < 1.29 is 19.1 Å². The van der Waals surface area contributed by atoms with Crippen LogP contribution in [0.4, 0.5) is 0 Å². The molecule has 0 spiro atoms. The molecule has 2 N–H and O–H groups in total. The third-order valence-corrected chi connectivity index (χ3v) is 6.25. The van der Waals surface area contributed by atoms with Crippen LogP contribution in [-0.4, -0.2) is 68.0 Å². The standard InChI is InChI=1S/C25H22N6O5/c1-15-12-29(24(34)16-5-3-2-4-6-16)9-10-31(15)25(35)23(33)18-11-27-21-17(18)7-8-26-22(21)19-13-30(36)14-20(32)28-19/h2-8,11,13-15,27H,9-10,12H2,1H3,(H,28,32)/t15-/m1/s1. The predicted octanol–water partition coefficient (Wildman–Crippen LogP) is 1.11. The Balaban J connectivity index is 1.37. The van der Waals surface area contributed by atoms with Crippen LogP contribution in [0.3, 0.4) is 0 Å². The van der Waals surface area contributed by atoms with Crippen LogP contribution in [-0.2, 0) is 4.79 Å². The average molecular weight is 486 g/mol. The number of rotatable bonds is 4. The van der Waals surface area contributed by atoms with Gasteiger partial charge in [0.05, 0.1) is 11.1 Å². The lowest BCUT2D eigenvalue weighted by Gasteiger charge is -2.39. The highest BCUT2D eigenvalue weighted by atomic mass is 16.5. The molecule has 11 nitrogen and oxygen atoms in total. The summed E-state index contributed by atoms with van der Waals surface area (Å²) < 4.78 is 0.372. The number of nitrogens with one attached hydrogen (secondary N) is 2. The average Bonchev–Trinajstić information content (AvgIpc) is 3.31. The Bertz CT molecular complexity index is 1540. The van der Waals surface area contributed by atoms with E-state index in [1.807, 2.05) is 6.07 Å². The lowest BCUT2D eigenvalue weighted by atomic mass is 10.1. The maximum atomic E-state index is 13.2. The number of piperazine rings is 1. The highest BCUT2D eigenvalue weighted by molar-refractivity contribution is 6.45. The topological polar surface area (TPSA) is 146 Å². The monoisotopic (exact) mass is 486 g/mol. The van der Waals surface area contributed by atoms with Gasteiger partial charge >= 0.3 is 5.56 Å². The molecule has 0 bridgehead atoms. The van der Waals surface area contributed by atoms with Crippen molar-refractivity contribution in [1.29, 1.82) is 0 Å². The molecule has 0 radical (unpaired) electrons. The number of carbonyl (C=O) groups excluding carboxylic acids is 3. The Kier molecular flexibility index (Phi) is 5.80. The van der Waals surface area contributed by atoms with Crippen LogP contribution in [0.25, 0.3) is 22.3 Å². The molecule has 1 aliphatic rings. The number of pyridine rings is 1. The van der Waals surface area contributed by atoms with Gasteiger partial charge in [-0.3, -0.25) is 24.2 Å². The van der Waals surface area contributed by atoms with Gasteiger partial charge in [-0.15, -0.1) is 0 Å². The normalized spacial score (nSPS) is 15.8. The van der Waals surface area contributed by atoms with Gasteiger partial charge in [-0.2, -0.15) is 4.73 Å². The number of hydrogen-bond donors (Lipinski definition) is 2. The molecule has 0 aliphatic carbocycles. The Morgan fingerprint density at radius 1 is 1.11 bits per heavy atom. The zero-order valence-corrected chi connectivity index (χ0v) is 19.3. The van der Waals surface area contributed by atoms with Crippen molar-refractivity contribution in [3.8, 4) is 11.4 Å². The summed E-state index contributed by atoms with van der Waals surface area (Å²) >= 11 is 0. The summed E-state index contributed by atoms with van der Waals surface area (Å²) in [6, 6.07) is 10.2. The zero-order valence-electron chi connectivity index (χ0n) is 19.3. The van der Waals surface area contributed by atoms with Crippen molar-refractivity contribution in [3.63, 3.8) is 0 Å². The SMILES string of the molecule is C[C@@H]1CN(C(=O)c2ccccc2)CCN1C(=O)C(=O)c1c[nH]c2c(-c3c[n+]([O-])cc(=O)[nH]3)nccc12. The quantitative estimate of drug-likeness (QED) is 0.191. The van der Waals surface area contributed by atoms with Gasteiger partial charge in [-0.05, 0) is 25.1 Å². The van der Waals surface area contributed by atoms with Gasteiger partial charge in [0, 0.05) is 49.0 Å². The van der Waals surface area contributed by atoms with E-state index in [1.165, 1.54) is 17.3 Å². The molecular formula is C25H22N6O5. The first-order valence-electron chi connectivity index (χ1n) is 11.3. The van der Waals surface area contributed by atoms with Gasteiger partial charge in [0.2, 0.25) is 12.4 Å². The van der Waals surface area contributed by atoms with Crippen molar-refractivity contribution in [2.75, 3.05) is 19.6 Å². The molecule has 4 heterocycles. The first-order chi connectivity index (χ1) is 17.3. The van der Waals surface area contributed by atoms with Crippen molar-refractivity contribution in [3.05, 3.63) is 87.9 Å². The minimum absolute atomic E-state index is 0.115.